The molecule has 4 rings (SSSR count). The number of hydrogen-bond acceptors (Lipinski definition) is 3. The highest BCUT2D eigenvalue weighted by atomic mass is 19.4. The van der Waals surface area contributed by atoms with E-state index >= 15 is 0 Å². The van der Waals surface area contributed by atoms with Gasteiger partial charge in [0.25, 0.3) is 5.91 Å². The maximum Gasteiger partial charge on any atom is 0.416 e. The molecule has 1 amide bonds. The van der Waals surface area contributed by atoms with E-state index in [1.165, 1.54) is 11.0 Å². The molecule has 2 heterocycles. The number of amides is 1. The number of hydrogen-bond donors (Lipinski definition) is 0. The number of rotatable bonds is 5. The van der Waals surface area contributed by atoms with Gasteiger partial charge >= 0.3 is 12.4 Å². The first-order valence-electron chi connectivity index (χ1n) is 11.5. The van der Waals surface area contributed by atoms with Gasteiger partial charge in [0.15, 0.2) is 11.6 Å². The summed E-state index contributed by atoms with van der Waals surface area (Å²) in [4.78, 5) is 20.5. The maximum absolute atomic E-state index is 13.8. The van der Waals surface area contributed by atoms with Gasteiger partial charge in [-0.15, -0.1) is 0 Å². The lowest BCUT2D eigenvalue weighted by molar-refractivity contribution is -0.143. The average molecular weight is 543 g/mol. The monoisotopic (exact) mass is 543 g/mol. The summed E-state index contributed by atoms with van der Waals surface area (Å²) < 4.78 is 107. The first-order chi connectivity index (χ1) is 17.8. The van der Waals surface area contributed by atoms with Crippen LogP contribution < -0.4 is 0 Å². The number of halogens is 8. The number of aromatic nitrogens is 1. The predicted molar refractivity (Wildman–Crippen MR) is 121 cm³/mol. The van der Waals surface area contributed by atoms with Crippen LogP contribution in [0.25, 0.3) is 0 Å². The second-order valence-electron chi connectivity index (χ2n) is 9.00. The first-order valence-corrected chi connectivity index (χ1v) is 11.5. The van der Waals surface area contributed by atoms with Crippen molar-refractivity contribution >= 4 is 5.91 Å². The van der Waals surface area contributed by atoms with E-state index in [9.17, 15) is 39.9 Å². The third-order valence-corrected chi connectivity index (χ3v) is 6.25. The Hall–Kier alpha value is -3.54. The average Bonchev–Trinajstić information content (AvgIpc) is 2.85. The van der Waals surface area contributed by atoms with Crippen LogP contribution in [0.15, 0.2) is 60.9 Å². The van der Waals surface area contributed by atoms with Crippen molar-refractivity contribution in [3.63, 3.8) is 0 Å². The number of carbonyl (C=O) groups excluding carboxylic acids is 1. The summed E-state index contributed by atoms with van der Waals surface area (Å²) in [6.45, 7) is 0.877. The van der Waals surface area contributed by atoms with E-state index in [4.69, 9.17) is 0 Å². The SMILES string of the molecule is O=C(c1cc(C(F)(F)F)cc(C(F)(F)F)c1)N1CCN(Cc2cccnc2)C[C@H]1Cc1ccc(F)c(F)c1. The minimum Gasteiger partial charge on any atom is -0.333 e. The fourth-order valence-corrected chi connectivity index (χ4v) is 4.44. The molecule has 0 saturated carbocycles. The number of piperazine rings is 1. The topological polar surface area (TPSA) is 36.4 Å². The van der Waals surface area contributed by atoms with Crippen molar-refractivity contribution in [3.8, 4) is 0 Å². The molecule has 1 atom stereocenters. The Bertz CT molecular complexity index is 1260. The van der Waals surface area contributed by atoms with E-state index < -0.39 is 52.6 Å². The lowest BCUT2D eigenvalue weighted by Crippen LogP contribution is -2.55. The van der Waals surface area contributed by atoms with Crippen molar-refractivity contribution in [2.45, 2.75) is 31.4 Å². The van der Waals surface area contributed by atoms with Gasteiger partial charge in [-0.3, -0.25) is 14.7 Å². The van der Waals surface area contributed by atoms with Crippen LogP contribution in [-0.4, -0.2) is 46.4 Å². The molecule has 1 aromatic heterocycles. The van der Waals surface area contributed by atoms with Gasteiger partial charge in [0.05, 0.1) is 11.1 Å². The zero-order valence-corrected chi connectivity index (χ0v) is 19.7. The molecule has 1 aliphatic heterocycles. The van der Waals surface area contributed by atoms with Crippen LogP contribution in [0.2, 0.25) is 0 Å². The summed E-state index contributed by atoms with van der Waals surface area (Å²) in [5.41, 5.74) is -2.78. The Morgan fingerprint density at radius 2 is 1.55 bits per heavy atom. The molecule has 2 aromatic carbocycles. The minimum absolute atomic E-state index is 0.00241. The Morgan fingerprint density at radius 3 is 2.13 bits per heavy atom. The quantitative estimate of drug-likeness (QED) is 0.373. The molecule has 0 aliphatic carbocycles. The van der Waals surface area contributed by atoms with Gasteiger partial charge in [-0.1, -0.05) is 12.1 Å². The van der Waals surface area contributed by atoms with Crippen LogP contribution in [0.4, 0.5) is 35.1 Å². The van der Waals surface area contributed by atoms with E-state index in [0.29, 0.717) is 24.2 Å². The van der Waals surface area contributed by atoms with Crippen molar-refractivity contribution in [1.82, 2.24) is 14.8 Å². The third kappa shape index (κ3) is 6.47. The summed E-state index contributed by atoms with van der Waals surface area (Å²) in [6.07, 6.45) is -6.98. The second-order valence-corrected chi connectivity index (χ2v) is 9.00. The van der Waals surface area contributed by atoms with Crippen LogP contribution in [0.3, 0.4) is 0 Å². The molecule has 202 valence electrons. The van der Waals surface area contributed by atoms with Crippen molar-refractivity contribution < 1.29 is 39.9 Å². The van der Waals surface area contributed by atoms with Crippen LogP contribution in [0.5, 0.6) is 0 Å². The molecule has 4 nitrogen and oxygen atoms in total. The summed E-state index contributed by atoms with van der Waals surface area (Å²) >= 11 is 0. The van der Waals surface area contributed by atoms with E-state index in [1.54, 1.807) is 18.5 Å². The van der Waals surface area contributed by atoms with Crippen molar-refractivity contribution in [3.05, 3.63) is 100 Å². The highest BCUT2D eigenvalue weighted by Crippen LogP contribution is 2.37. The van der Waals surface area contributed by atoms with Crippen molar-refractivity contribution in [1.29, 1.82) is 0 Å². The van der Waals surface area contributed by atoms with Crippen LogP contribution in [0.1, 0.15) is 32.6 Å². The molecule has 38 heavy (non-hydrogen) atoms. The molecule has 1 aliphatic rings. The Balaban J connectivity index is 1.67. The maximum atomic E-state index is 13.8. The molecule has 12 heteroatoms. The van der Waals surface area contributed by atoms with Crippen LogP contribution in [-0.2, 0) is 25.3 Å². The predicted octanol–water partition coefficient (Wildman–Crippen LogP) is 5.97. The highest BCUT2D eigenvalue weighted by molar-refractivity contribution is 5.95. The number of pyridine rings is 1. The molecule has 1 saturated heterocycles. The van der Waals surface area contributed by atoms with Gasteiger partial charge in [0, 0.05) is 50.2 Å². The molecular formula is C26H21F8N3O. The highest BCUT2D eigenvalue weighted by Gasteiger charge is 2.39. The molecule has 0 unspecified atom stereocenters. The van der Waals surface area contributed by atoms with E-state index in [2.05, 4.69) is 4.98 Å². The molecule has 0 radical (unpaired) electrons. The molecular weight excluding hydrogens is 522 g/mol. The van der Waals surface area contributed by atoms with Gasteiger partial charge in [0.2, 0.25) is 0 Å². The molecule has 0 spiro atoms. The largest absolute Gasteiger partial charge is 0.416 e. The summed E-state index contributed by atoms with van der Waals surface area (Å²) in [7, 11) is 0. The summed E-state index contributed by atoms with van der Waals surface area (Å²) in [5, 5.41) is 0. The van der Waals surface area contributed by atoms with Gasteiger partial charge in [-0.05, 0) is 53.9 Å². The summed E-state index contributed by atoms with van der Waals surface area (Å²) in [5.74, 6) is -3.21. The molecule has 3 aromatic rings. The minimum atomic E-state index is -5.11. The van der Waals surface area contributed by atoms with E-state index in [1.807, 2.05) is 11.0 Å². The number of benzene rings is 2. The number of carbonyl (C=O) groups is 1. The molecule has 0 N–H and O–H groups in total. The molecule has 1 fully saturated rings. The zero-order valence-electron chi connectivity index (χ0n) is 19.7. The van der Waals surface area contributed by atoms with Gasteiger partial charge < -0.3 is 4.90 Å². The van der Waals surface area contributed by atoms with Crippen LogP contribution in [0, 0.1) is 11.6 Å². The standard InChI is InChI=1S/C26H21F8N3O/c27-22-4-3-16(9-23(22)28)8-21-15-36(14-17-2-1-5-35-13-17)6-7-37(21)24(38)18-10-19(25(29,30)31)12-20(11-18)26(32,33)34/h1-5,9-13,21H,6-8,14-15H2/t21-/m1/s1. The normalized spacial score (nSPS) is 17.1. The third-order valence-electron chi connectivity index (χ3n) is 6.25. The summed E-state index contributed by atoms with van der Waals surface area (Å²) in [6, 6.07) is 6.74. The number of alkyl halides is 6. The van der Waals surface area contributed by atoms with E-state index in [-0.39, 0.29) is 32.1 Å². The van der Waals surface area contributed by atoms with Gasteiger partial charge in [-0.25, -0.2) is 8.78 Å². The van der Waals surface area contributed by atoms with E-state index in [0.717, 1.165) is 17.7 Å². The van der Waals surface area contributed by atoms with Crippen molar-refractivity contribution in [2.24, 2.45) is 0 Å². The Kier molecular flexibility index (Phi) is 7.73. The van der Waals surface area contributed by atoms with Crippen molar-refractivity contribution in [2.75, 3.05) is 19.6 Å². The number of nitrogens with zero attached hydrogens (tertiary/aromatic N) is 3. The fourth-order valence-electron chi connectivity index (χ4n) is 4.44. The Labute approximate surface area is 212 Å². The fraction of sp³-hybridized carbons (Fsp3) is 0.308. The first kappa shape index (κ1) is 27.5. The van der Waals surface area contributed by atoms with Gasteiger partial charge in [0.1, 0.15) is 0 Å². The second kappa shape index (κ2) is 10.7. The zero-order chi connectivity index (χ0) is 27.7. The van der Waals surface area contributed by atoms with Crippen LogP contribution >= 0.6 is 0 Å². The van der Waals surface area contributed by atoms with Gasteiger partial charge in [-0.2, -0.15) is 26.3 Å². The Morgan fingerprint density at radius 1 is 0.868 bits per heavy atom. The smallest absolute Gasteiger partial charge is 0.333 e. The molecule has 0 bridgehead atoms. The lowest BCUT2D eigenvalue weighted by atomic mass is 9.98. The lowest BCUT2D eigenvalue weighted by Gasteiger charge is -2.42.